The van der Waals surface area contributed by atoms with Crippen LogP contribution in [0, 0.1) is 6.92 Å². The van der Waals surface area contributed by atoms with E-state index < -0.39 is 0 Å². The van der Waals surface area contributed by atoms with Crippen molar-refractivity contribution in [2.24, 2.45) is 0 Å². The number of hydrogen-bond acceptors (Lipinski definition) is 4. The lowest BCUT2D eigenvalue weighted by Crippen LogP contribution is -2.20. The van der Waals surface area contributed by atoms with Gasteiger partial charge in [0.1, 0.15) is 17.2 Å². The van der Waals surface area contributed by atoms with Gasteiger partial charge in [0.05, 0.1) is 14.2 Å². The second-order valence-electron chi connectivity index (χ2n) is 6.46. The smallest absolute Gasteiger partial charge is 0.122 e. The molecule has 24 heavy (non-hydrogen) atoms. The van der Waals surface area contributed by atoms with Crippen LogP contribution in [0.3, 0.4) is 0 Å². The van der Waals surface area contributed by atoms with Gasteiger partial charge in [0.15, 0.2) is 0 Å². The lowest BCUT2D eigenvalue weighted by Gasteiger charge is -2.19. The number of rotatable bonds is 5. The molecule has 1 unspecified atom stereocenters. The summed E-state index contributed by atoms with van der Waals surface area (Å²) in [6.07, 6.45) is 1.08. The van der Waals surface area contributed by atoms with Gasteiger partial charge in [-0.15, -0.1) is 0 Å². The predicted molar refractivity (Wildman–Crippen MR) is 95.0 cm³/mol. The predicted octanol–water partition coefficient (Wildman–Crippen LogP) is 3.71. The van der Waals surface area contributed by atoms with Crippen LogP contribution in [0.2, 0.25) is 0 Å². The summed E-state index contributed by atoms with van der Waals surface area (Å²) in [4.78, 5) is 2.39. The van der Waals surface area contributed by atoms with Crippen LogP contribution in [0.25, 0.3) is 0 Å². The highest BCUT2D eigenvalue weighted by atomic mass is 16.5. The van der Waals surface area contributed by atoms with Gasteiger partial charge < -0.3 is 14.6 Å². The molecule has 0 amide bonds. The van der Waals surface area contributed by atoms with E-state index in [2.05, 4.69) is 24.0 Å². The molecule has 2 aromatic rings. The minimum absolute atomic E-state index is 0.378. The Hall–Kier alpha value is -2.20. The monoisotopic (exact) mass is 327 g/mol. The molecule has 1 aliphatic heterocycles. The van der Waals surface area contributed by atoms with Gasteiger partial charge in [-0.1, -0.05) is 17.7 Å². The third-order valence-corrected chi connectivity index (χ3v) is 4.78. The van der Waals surface area contributed by atoms with Crippen molar-refractivity contribution in [3.05, 3.63) is 53.1 Å². The Kier molecular flexibility index (Phi) is 4.95. The molecule has 1 aliphatic rings. The number of methoxy groups -OCH3 is 2. The van der Waals surface area contributed by atoms with Crippen LogP contribution in [0.4, 0.5) is 0 Å². The summed E-state index contributed by atoms with van der Waals surface area (Å²) < 4.78 is 10.9. The van der Waals surface area contributed by atoms with E-state index >= 15 is 0 Å². The number of benzene rings is 2. The quantitative estimate of drug-likeness (QED) is 0.909. The van der Waals surface area contributed by atoms with E-state index in [1.54, 1.807) is 20.3 Å². The molecular weight excluding hydrogens is 302 g/mol. The number of hydrogen-bond donors (Lipinski definition) is 1. The number of likely N-dealkylation sites (tertiary alicyclic amines) is 1. The Bertz CT molecular complexity index is 714. The van der Waals surface area contributed by atoms with E-state index in [4.69, 9.17) is 9.47 Å². The molecule has 1 atom stereocenters. The highest BCUT2D eigenvalue weighted by molar-refractivity contribution is 5.43. The molecule has 1 fully saturated rings. The molecule has 1 N–H and O–H groups in total. The SMILES string of the molecule is COc1ccc(OC)c(C2CCN(Cc3cc(C)ccc3O)C2)c1. The second kappa shape index (κ2) is 7.14. The van der Waals surface area contributed by atoms with Crippen LogP contribution in [0.1, 0.15) is 29.0 Å². The number of phenols is 1. The summed E-state index contributed by atoms with van der Waals surface area (Å²) in [6.45, 7) is 4.79. The average Bonchev–Trinajstić information content (AvgIpc) is 3.06. The Balaban J connectivity index is 1.74. The van der Waals surface area contributed by atoms with E-state index in [9.17, 15) is 5.11 Å². The molecule has 0 aromatic heterocycles. The van der Waals surface area contributed by atoms with Gasteiger partial charge in [-0.05, 0) is 44.2 Å². The molecule has 0 radical (unpaired) electrons. The van der Waals surface area contributed by atoms with Gasteiger partial charge in [-0.3, -0.25) is 4.90 Å². The van der Waals surface area contributed by atoms with Crippen LogP contribution < -0.4 is 9.47 Å². The van der Waals surface area contributed by atoms with Crippen LogP contribution in [-0.2, 0) is 6.54 Å². The number of ether oxygens (including phenoxy) is 2. The minimum atomic E-state index is 0.378. The summed E-state index contributed by atoms with van der Waals surface area (Å²) in [6, 6.07) is 11.8. The average molecular weight is 327 g/mol. The van der Waals surface area contributed by atoms with Crippen LogP contribution in [0.15, 0.2) is 36.4 Å². The van der Waals surface area contributed by atoms with Gasteiger partial charge in [0, 0.05) is 30.1 Å². The van der Waals surface area contributed by atoms with E-state index in [1.807, 2.05) is 18.2 Å². The maximum absolute atomic E-state index is 10.1. The summed E-state index contributed by atoms with van der Waals surface area (Å²) in [5, 5.41) is 10.1. The van der Waals surface area contributed by atoms with Gasteiger partial charge in [-0.2, -0.15) is 0 Å². The molecule has 3 rings (SSSR count). The first-order valence-corrected chi connectivity index (χ1v) is 8.33. The third-order valence-electron chi connectivity index (χ3n) is 4.78. The summed E-state index contributed by atoms with van der Waals surface area (Å²) in [7, 11) is 3.40. The van der Waals surface area contributed by atoms with Crippen molar-refractivity contribution in [2.75, 3.05) is 27.3 Å². The zero-order valence-corrected chi connectivity index (χ0v) is 14.6. The topological polar surface area (TPSA) is 41.9 Å². The molecular formula is C20H25NO3. The van der Waals surface area contributed by atoms with Crippen molar-refractivity contribution in [1.29, 1.82) is 0 Å². The lowest BCUT2D eigenvalue weighted by molar-refractivity contribution is 0.318. The molecule has 4 nitrogen and oxygen atoms in total. The summed E-state index contributed by atoms with van der Waals surface area (Å²) >= 11 is 0. The Morgan fingerprint density at radius 3 is 2.71 bits per heavy atom. The fourth-order valence-electron chi connectivity index (χ4n) is 3.47. The molecule has 0 aliphatic carbocycles. The molecule has 1 heterocycles. The zero-order chi connectivity index (χ0) is 17.1. The Morgan fingerprint density at radius 1 is 1.12 bits per heavy atom. The molecule has 128 valence electrons. The summed E-state index contributed by atoms with van der Waals surface area (Å²) in [5.74, 6) is 2.58. The largest absolute Gasteiger partial charge is 0.508 e. The van der Waals surface area contributed by atoms with Gasteiger partial charge >= 0.3 is 0 Å². The highest BCUT2D eigenvalue weighted by Gasteiger charge is 2.27. The molecule has 0 bridgehead atoms. The van der Waals surface area contributed by atoms with Gasteiger partial charge in [0.25, 0.3) is 0 Å². The second-order valence-corrected chi connectivity index (χ2v) is 6.46. The van der Waals surface area contributed by atoms with Crippen LogP contribution in [-0.4, -0.2) is 37.3 Å². The number of aryl methyl sites for hydroxylation is 1. The van der Waals surface area contributed by atoms with Crippen molar-refractivity contribution in [2.45, 2.75) is 25.8 Å². The van der Waals surface area contributed by atoms with Crippen LogP contribution in [0.5, 0.6) is 17.2 Å². The number of nitrogens with zero attached hydrogens (tertiary/aromatic N) is 1. The molecule has 2 aromatic carbocycles. The fraction of sp³-hybridized carbons (Fsp3) is 0.400. The van der Waals surface area contributed by atoms with E-state index in [0.29, 0.717) is 11.7 Å². The highest BCUT2D eigenvalue weighted by Crippen LogP contribution is 2.36. The maximum Gasteiger partial charge on any atom is 0.122 e. The normalized spacial score (nSPS) is 17.9. The summed E-state index contributed by atoms with van der Waals surface area (Å²) in [5.41, 5.74) is 3.37. The molecule has 0 spiro atoms. The number of phenolic OH excluding ortho intramolecular Hbond substituents is 1. The number of aromatic hydroxyl groups is 1. The van der Waals surface area contributed by atoms with Crippen molar-refractivity contribution >= 4 is 0 Å². The van der Waals surface area contributed by atoms with Crippen molar-refractivity contribution in [3.8, 4) is 17.2 Å². The Labute approximate surface area is 143 Å². The van der Waals surface area contributed by atoms with E-state index in [0.717, 1.165) is 43.1 Å². The first-order valence-electron chi connectivity index (χ1n) is 8.33. The molecule has 1 saturated heterocycles. The molecule has 4 heteroatoms. The van der Waals surface area contributed by atoms with Crippen LogP contribution >= 0.6 is 0 Å². The van der Waals surface area contributed by atoms with Crippen molar-refractivity contribution in [3.63, 3.8) is 0 Å². The molecule has 0 saturated carbocycles. The third kappa shape index (κ3) is 3.49. The standard InChI is InChI=1S/C20H25NO3/c1-14-4-6-19(22)16(10-14)13-21-9-8-15(12-21)18-11-17(23-2)5-7-20(18)24-3/h4-7,10-11,15,22H,8-9,12-13H2,1-3H3. The fourth-order valence-corrected chi connectivity index (χ4v) is 3.47. The van der Waals surface area contributed by atoms with E-state index in [1.165, 1.54) is 11.1 Å². The van der Waals surface area contributed by atoms with Gasteiger partial charge in [-0.25, -0.2) is 0 Å². The Morgan fingerprint density at radius 2 is 1.96 bits per heavy atom. The maximum atomic E-state index is 10.1. The van der Waals surface area contributed by atoms with E-state index in [-0.39, 0.29) is 0 Å². The van der Waals surface area contributed by atoms with Gasteiger partial charge in [0.2, 0.25) is 0 Å². The van der Waals surface area contributed by atoms with Crippen molar-refractivity contribution < 1.29 is 14.6 Å². The minimum Gasteiger partial charge on any atom is -0.508 e. The lowest BCUT2D eigenvalue weighted by atomic mass is 9.97. The first-order chi connectivity index (χ1) is 11.6. The zero-order valence-electron chi connectivity index (χ0n) is 14.6. The first kappa shape index (κ1) is 16.7. The van der Waals surface area contributed by atoms with Crippen molar-refractivity contribution in [1.82, 2.24) is 4.90 Å².